The van der Waals surface area contributed by atoms with Crippen molar-refractivity contribution in [1.82, 2.24) is 0 Å². The van der Waals surface area contributed by atoms with Crippen molar-refractivity contribution in [1.29, 1.82) is 0 Å². The third kappa shape index (κ3) is 5.43. The predicted molar refractivity (Wildman–Crippen MR) is 109 cm³/mol. The van der Waals surface area contributed by atoms with Gasteiger partial charge >= 0.3 is 11.9 Å². The molecule has 0 fully saturated rings. The van der Waals surface area contributed by atoms with Crippen LogP contribution in [0, 0.1) is 6.92 Å². The molecule has 0 unspecified atom stereocenters. The highest BCUT2D eigenvalue weighted by atomic mass is 35.5. The number of hydrogen-bond acceptors (Lipinski definition) is 6. The molecule has 1 amide bonds. The number of anilines is 1. The lowest BCUT2D eigenvalue weighted by molar-refractivity contribution is -0.115. The van der Waals surface area contributed by atoms with E-state index in [1.807, 2.05) is 0 Å². The fourth-order valence-electron chi connectivity index (χ4n) is 2.40. The van der Waals surface area contributed by atoms with Gasteiger partial charge in [-0.05, 0) is 37.1 Å². The quantitative estimate of drug-likeness (QED) is 0.504. The molecule has 2 rings (SSSR count). The van der Waals surface area contributed by atoms with E-state index in [0.29, 0.717) is 10.6 Å². The molecule has 1 N–H and O–H groups in total. The first-order chi connectivity index (χ1) is 13.4. The van der Waals surface area contributed by atoms with Gasteiger partial charge in [0.05, 0.1) is 18.6 Å². The third-order valence-corrected chi connectivity index (χ3v) is 5.11. The molecule has 0 saturated carbocycles. The van der Waals surface area contributed by atoms with Gasteiger partial charge in [0.25, 0.3) is 0 Å². The molecular weight excluding hydrogens is 402 g/mol. The molecule has 6 nitrogen and oxygen atoms in total. The van der Waals surface area contributed by atoms with Crippen molar-refractivity contribution in [3.8, 4) is 0 Å². The van der Waals surface area contributed by atoms with Crippen molar-refractivity contribution in [3.63, 3.8) is 0 Å². The SMILES string of the molecule is C=CCOC(=O)c1sc(NC(=O)Cc2ccc(Cl)cc2)c(C(=O)OCC)c1C. The molecule has 0 saturated heterocycles. The molecular formula is C20H20ClNO5S. The summed E-state index contributed by atoms with van der Waals surface area (Å²) in [5, 5.41) is 3.53. The molecule has 1 aromatic heterocycles. The Hall–Kier alpha value is -2.64. The Morgan fingerprint density at radius 1 is 1.18 bits per heavy atom. The fraction of sp³-hybridized carbons (Fsp3) is 0.250. The van der Waals surface area contributed by atoms with Crippen LogP contribution in [0.4, 0.5) is 5.00 Å². The van der Waals surface area contributed by atoms with Crippen molar-refractivity contribution >= 4 is 45.8 Å². The Balaban J connectivity index is 2.28. The number of rotatable bonds is 8. The van der Waals surface area contributed by atoms with E-state index in [0.717, 1.165) is 16.9 Å². The summed E-state index contributed by atoms with van der Waals surface area (Å²) < 4.78 is 10.1. The van der Waals surface area contributed by atoms with E-state index in [4.69, 9.17) is 21.1 Å². The molecule has 0 aliphatic carbocycles. The molecule has 2 aromatic rings. The van der Waals surface area contributed by atoms with E-state index < -0.39 is 11.9 Å². The number of ether oxygens (including phenoxy) is 2. The molecule has 0 aliphatic rings. The van der Waals surface area contributed by atoms with E-state index in [-0.39, 0.29) is 41.0 Å². The molecule has 28 heavy (non-hydrogen) atoms. The topological polar surface area (TPSA) is 81.7 Å². The predicted octanol–water partition coefficient (Wildman–Crippen LogP) is 4.41. The maximum absolute atomic E-state index is 12.4. The van der Waals surface area contributed by atoms with Crippen LogP contribution < -0.4 is 5.32 Å². The van der Waals surface area contributed by atoms with Crippen LogP contribution >= 0.6 is 22.9 Å². The number of carbonyl (C=O) groups is 3. The van der Waals surface area contributed by atoms with Crippen LogP contribution in [0.2, 0.25) is 5.02 Å². The number of halogens is 1. The average Bonchev–Trinajstić information content (AvgIpc) is 2.97. The number of carbonyl (C=O) groups excluding carboxylic acids is 3. The van der Waals surface area contributed by atoms with Gasteiger partial charge in [-0.3, -0.25) is 4.79 Å². The number of hydrogen-bond donors (Lipinski definition) is 1. The van der Waals surface area contributed by atoms with Crippen LogP contribution in [-0.2, 0) is 20.7 Å². The van der Waals surface area contributed by atoms with Crippen LogP contribution in [0.25, 0.3) is 0 Å². The van der Waals surface area contributed by atoms with Crippen molar-refractivity contribution in [2.45, 2.75) is 20.3 Å². The van der Waals surface area contributed by atoms with Crippen LogP contribution in [-0.4, -0.2) is 31.1 Å². The second kappa shape index (κ2) is 10.1. The second-order valence-corrected chi connectivity index (χ2v) is 7.18. The highest BCUT2D eigenvalue weighted by molar-refractivity contribution is 7.18. The van der Waals surface area contributed by atoms with Gasteiger partial charge in [0, 0.05) is 5.02 Å². The summed E-state index contributed by atoms with van der Waals surface area (Å²) in [7, 11) is 0. The largest absolute Gasteiger partial charge is 0.462 e. The average molecular weight is 422 g/mol. The zero-order chi connectivity index (χ0) is 20.7. The van der Waals surface area contributed by atoms with Crippen molar-refractivity contribution in [2.24, 2.45) is 0 Å². The Bertz CT molecular complexity index is 889. The first-order valence-corrected chi connectivity index (χ1v) is 9.69. The molecule has 8 heteroatoms. The number of esters is 2. The lowest BCUT2D eigenvalue weighted by Gasteiger charge is -2.07. The van der Waals surface area contributed by atoms with Crippen molar-refractivity contribution in [3.05, 3.63) is 63.5 Å². The molecule has 1 aromatic carbocycles. The summed E-state index contributed by atoms with van der Waals surface area (Å²) >= 11 is 6.83. The van der Waals surface area contributed by atoms with Gasteiger partial charge in [-0.2, -0.15) is 0 Å². The summed E-state index contributed by atoms with van der Waals surface area (Å²) in [5.74, 6) is -1.54. The van der Waals surface area contributed by atoms with Crippen LogP contribution in [0.1, 0.15) is 38.1 Å². The van der Waals surface area contributed by atoms with Crippen LogP contribution in [0.5, 0.6) is 0 Å². The van der Waals surface area contributed by atoms with E-state index in [1.54, 1.807) is 38.1 Å². The van der Waals surface area contributed by atoms with Gasteiger partial charge in [0.15, 0.2) is 0 Å². The smallest absolute Gasteiger partial charge is 0.348 e. The summed E-state index contributed by atoms with van der Waals surface area (Å²) in [6.45, 7) is 7.00. The minimum atomic E-state index is -0.610. The second-order valence-electron chi connectivity index (χ2n) is 5.72. The first kappa shape index (κ1) is 21.7. The Kier molecular flexibility index (Phi) is 7.78. The normalized spacial score (nSPS) is 10.2. The van der Waals surface area contributed by atoms with E-state index in [9.17, 15) is 14.4 Å². The summed E-state index contributed by atoms with van der Waals surface area (Å²) in [6, 6.07) is 6.87. The monoisotopic (exact) mass is 421 g/mol. The summed E-state index contributed by atoms with van der Waals surface area (Å²) in [4.78, 5) is 37.3. The molecule has 148 valence electrons. The number of amides is 1. The van der Waals surface area contributed by atoms with Gasteiger partial charge in [0.2, 0.25) is 5.91 Å². The number of benzene rings is 1. The molecule has 1 heterocycles. The maximum atomic E-state index is 12.4. The van der Waals surface area contributed by atoms with Crippen LogP contribution in [0.3, 0.4) is 0 Å². The van der Waals surface area contributed by atoms with Gasteiger partial charge < -0.3 is 14.8 Å². The first-order valence-electron chi connectivity index (χ1n) is 8.50. The van der Waals surface area contributed by atoms with E-state index in [1.165, 1.54) is 6.08 Å². The summed E-state index contributed by atoms with van der Waals surface area (Å²) in [5.41, 5.74) is 1.32. The molecule has 0 spiro atoms. The Morgan fingerprint density at radius 3 is 2.46 bits per heavy atom. The van der Waals surface area contributed by atoms with Gasteiger partial charge in [-0.1, -0.05) is 36.4 Å². The molecule has 0 bridgehead atoms. The van der Waals surface area contributed by atoms with Crippen molar-refractivity contribution in [2.75, 3.05) is 18.5 Å². The van der Waals surface area contributed by atoms with Gasteiger partial charge in [0.1, 0.15) is 16.5 Å². The zero-order valence-corrected chi connectivity index (χ0v) is 17.1. The van der Waals surface area contributed by atoms with Crippen molar-refractivity contribution < 1.29 is 23.9 Å². The number of nitrogens with one attached hydrogen (secondary N) is 1. The number of thiophene rings is 1. The molecule has 0 atom stereocenters. The third-order valence-electron chi connectivity index (χ3n) is 3.67. The van der Waals surface area contributed by atoms with Gasteiger partial charge in [-0.25, -0.2) is 9.59 Å². The molecule has 0 aliphatic heterocycles. The standard InChI is InChI=1S/C20H20ClNO5S/c1-4-10-27-20(25)17-12(3)16(19(24)26-5-2)18(28-17)22-15(23)11-13-6-8-14(21)9-7-13/h4,6-9H,1,5,10-11H2,2-3H3,(H,22,23). The van der Waals surface area contributed by atoms with E-state index in [2.05, 4.69) is 11.9 Å². The van der Waals surface area contributed by atoms with Gasteiger partial charge in [-0.15, -0.1) is 11.3 Å². The fourth-order valence-corrected chi connectivity index (χ4v) is 3.63. The van der Waals surface area contributed by atoms with Crippen LogP contribution in [0.15, 0.2) is 36.9 Å². The molecule has 0 radical (unpaired) electrons. The Morgan fingerprint density at radius 2 is 1.86 bits per heavy atom. The maximum Gasteiger partial charge on any atom is 0.348 e. The minimum absolute atomic E-state index is 0.0448. The lowest BCUT2D eigenvalue weighted by atomic mass is 10.1. The Labute approximate surface area is 172 Å². The van der Waals surface area contributed by atoms with E-state index >= 15 is 0 Å². The lowest BCUT2D eigenvalue weighted by Crippen LogP contribution is -2.16. The minimum Gasteiger partial charge on any atom is -0.462 e. The highest BCUT2D eigenvalue weighted by Gasteiger charge is 2.27. The highest BCUT2D eigenvalue weighted by Crippen LogP contribution is 2.34. The zero-order valence-electron chi connectivity index (χ0n) is 15.5. The summed E-state index contributed by atoms with van der Waals surface area (Å²) in [6.07, 6.45) is 1.54.